The van der Waals surface area contributed by atoms with Crippen LogP contribution in [-0.4, -0.2) is 61.5 Å². The van der Waals surface area contributed by atoms with E-state index in [9.17, 15) is 14.4 Å². The number of piperidine rings is 1. The van der Waals surface area contributed by atoms with Gasteiger partial charge in [0.25, 0.3) is 5.91 Å². The number of amides is 3. The molecule has 1 fully saturated rings. The average molecular weight is 411 g/mol. The van der Waals surface area contributed by atoms with Gasteiger partial charge in [-0.2, -0.15) is 0 Å². The molecule has 0 atom stereocenters. The number of hydrogen-bond donors (Lipinski definition) is 3. The molecule has 0 saturated carbocycles. The third-order valence-corrected chi connectivity index (χ3v) is 5.41. The largest absolute Gasteiger partial charge is 0.379 e. The van der Waals surface area contributed by atoms with E-state index >= 15 is 0 Å². The van der Waals surface area contributed by atoms with E-state index in [1.807, 2.05) is 18.7 Å². The van der Waals surface area contributed by atoms with E-state index in [4.69, 9.17) is 10.5 Å². The molecule has 0 spiro atoms. The minimum Gasteiger partial charge on any atom is -0.379 e. The number of primary amides is 1. The lowest BCUT2D eigenvalue weighted by molar-refractivity contribution is -0.126. The molecule has 1 saturated heterocycles. The molecule has 2 rings (SSSR count). The fraction of sp³-hybridized carbons (Fsp3) is 0.632. The molecule has 0 radical (unpaired) electrons. The Kier molecular flexibility index (Phi) is 8.88. The van der Waals surface area contributed by atoms with E-state index < -0.39 is 5.91 Å². The molecule has 1 aliphatic rings. The van der Waals surface area contributed by atoms with Crippen LogP contribution in [0.5, 0.6) is 0 Å². The predicted molar refractivity (Wildman–Crippen MR) is 109 cm³/mol. The van der Waals surface area contributed by atoms with Crippen LogP contribution < -0.4 is 16.4 Å². The fourth-order valence-corrected chi connectivity index (χ4v) is 3.88. The maximum absolute atomic E-state index is 12.2. The number of likely N-dealkylation sites (tertiary alicyclic amines) is 1. The summed E-state index contributed by atoms with van der Waals surface area (Å²) in [7, 11) is 0. The standard InChI is InChI=1S/C19H30N4O4S/c1-13(2)27-10-3-7-21-18(26)14-4-8-23(9-5-14)12-16(24)22-19-15(17(20)25)6-11-28-19/h6,11,13-14H,3-5,7-10,12H2,1-2H3,(H2,20,25)(H,21,26)(H,22,24). The molecule has 9 heteroatoms. The maximum atomic E-state index is 12.2. The lowest BCUT2D eigenvalue weighted by Crippen LogP contribution is -2.43. The van der Waals surface area contributed by atoms with Crippen LogP contribution in [0.15, 0.2) is 11.4 Å². The van der Waals surface area contributed by atoms with Crippen molar-refractivity contribution < 1.29 is 19.1 Å². The Morgan fingerprint density at radius 3 is 2.68 bits per heavy atom. The van der Waals surface area contributed by atoms with E-state index in [0.717, 1.165) is 19.3 Å². The van der Waals surface area contributed by atoms with Gasteiger partial charge in [0.05, 0.1) is 18.2 Å². The van der Waals surface area contributed by atoms with Crippen LogP contribution in [0.1, 0.15) is 43.5 Å². The fourth-order valence-electron chi connectivity index (χ4n) is 3.07. The van der Waals surface area contributed by atoms with Crippen LogP contribution in [0, 0.1) is 5.92 Å². The molecule has 4 N–H and O–H groups in total. The predicted octanol–water partition coefficient (Wildman–Crippen LogP) is 1.43. The third-order valence-electron chi connectivity index (χ3n) is 4.58. The topological polar surface area (TPSA) is 114 Å². The number of hydrogen-bond acceptors (Lipinski definition) is 6. The number of anilines is 1. The van der Waals surface area contributed by atoms with Crippen LogP contribution in [0.2, 0.25) is 0 Å². The van der Waals surface area contributed by atoms with Gasteiger partial charge < -0.3 is 21.1 Å². The Bertz CT molecular complexity index is 669. The number of nitrogens with one attached hydrogen (secondary N) is 2. The van der Waals surface area contributed by atoms with Gasteiger partial charge in [-0.3, -0.25) is 19.3 Å². The van der Waals surface area contributed by atoms with E-state index in [0.29, 0.717) is 36.8 Å². The highest BCUT2D eigenvalue weighted by molar-refractivity contribution is 7.14. The van der Waals surface area contributed by atoms with Crippen molar-refractivity contribution >= 4 is 34.1 Å². The normalized spacial score (nSPS) is 15.5. The Balaban J connectivity index is 1.66. The summed E-state index contributed by atoms with van der Waals surface area (Å²) < 4.78 is 5.46. The second-order valence-electron chi connectivity index (χ2n) is 7.19. The summed E-state index contributed by atoms with van der Waals surface area (Å²) in [6.07, 6.45) is 2.47. The zero-order valence-corrected chi connectivity index (χ0v) is 17.3. The lowest BCUT2D eigenvalue weighted by atomic mass is 9.96. The summed E-state index contributed by atoms with van der Waals surface area (Å²) in [4.78, 5) is 37.8. The van der Waals surface area contributed by atoms with Crippen molar-refractivity contribution in [1.82, 2.24) is 10.2 Å². The Morgan fingerprint density at radius 2 is 2.04 bits per heavy atom. The van der Waals surface area contributed by atoms with Crippen molar-refractivity contribution in [3.63, 3.8) is 0 Å². The van der Waals surface area contributed by atoms with Crippen LogP contribution in [0.25, 0.3) is 0 Å². The molecule has 0 aliphatic carbocycles. The lowest BCUT2D eigenvalue weighted by Gasteiger charge is -2.30. The molecular formula is C19H30N4O4S. The van der Waals surface area contributed by atoms with Crippen molar-refractivity contribution in [3.05, 3.63) is 17.0 Å². The van der Waals surface area contributed by atoms with Gasteiger partial charge in [0, 0.05) is 19.1 Å². The van der Waals surface area contributed by atoms with Crippen LogP contribution in [0.4, 0.5) is 5.00 Å². The summed E-state index contributed by atoms with van der Waals surface area (Å²) >= 11 is 1.27. The van der Waals surface area contributed by atoms with Gasteiger partial charge in [0.1, 0.15) is 5.00 Å². The number of nitrogens with two attached hydrogens (primary N) is 1. The van der Waals surface area contributed by atoms with Crippen molar-refractivity contribution in [2.24, 2.45) is 11.7 Å². The zero-order chi connectivity index (χ0) is 20.5. The SMILES string of the molecule is CC(C)OCCCNC(=O)C1CCN(CC(=O)Nc2sccc2C(N)=O)CC1. The molecule has 1 aliphatic heterocycles. The summed E-state index contributed by atoms with van der Waals surface area (Å²) in [6.45, 7) is 6.86. The van der Waals surface area contributed by atoms with Crippen molar-refractivity contribution in [2.75, 3.05) is 38.1 Å². The molecule has 156 valence electrons. The van der Waals surface area contributed by atoms with E-state index in [2.05, 4.69) is 10.6 Å². The minimum atomic E-state index is -0.556. The van der Waals surface area contributed by atoms with Gasteiger partial charge in [-0.25, -0.2) is 0 Å². The van der Waals surface area contributed by atoms with Gasteiger partial charge in [0.15, 0.2) is 0 Å². The van der Waals surface area contributed by atoms with Gasteiger partial charge in [-0.15, -0.1) is 11.3 Å². The van der Waals surface area contributed by atoms with Crippen molar-refractivity contribution in [3.8, 4) is 0 Å². The van der Waals surface area contributed by atoms with Gasteiger partial charge in [-0.1, -0.05) is 0 Å². The minimum absolute atomic E-state index is 0.0101. The second-order valence-corrected chi connectivity index (χ2v) is 8.11. The molecule has 0 bridgehead atoms. The first-order chi connectivity index (χ1) is 13.4. The van der Waals surface area contributed by atoms with Crippen LogP contribution in [-0.2, 0) is 14.3 Å². The number of rotatable bonds is 10. The van der Waals surface area contributed by atoms with Crippen LogP contribution >= 0.6 is 11.3 Å². The highest BCUT2D eigenvalue weighted by atomic mass is 32.1. The second kappa shape index (κ2) is 11.1. The number of carbonyl (C=O) groups excluding carboxylic acids is 3. The number of nitrogens with zero attached hydrogens (tertiary/aromatic N) is 1. The first kappa shape index (κ1) is 22.3. The summed E-state index contributed by atoms with van der Waals surface area (Å²) in [5, 5.41) is 7.91. The quantitative estimate of drug-likeness (QED) is 0.505. The van der Waals surface area contributed by atoms with Crippen molar-refractivity contribution in [2.45, 2.75) is 39.2 Å². The Labute approximate surface area is 169 Å². The molecular weight excluding hydrogens is 380 g/mol. The molecule has 28 heavy (non-hydrogen) atoms. The highest BCUT2D eigenvalue weighted by Gasteiger charge is 2.26. The number of ether oxygens (including phenoxy) is 1. The van der Waals surface area contributed by atoms with E-state index in [1.165, 1.54) is 11.3 Å². The third kappa shape index (κ3) is 7.21. The van der Waals surface area contributed by atoms with Crippen LogP contribution in [0.3, 0.4) is 0 Å². The Hall–Kier alpha value is -1.97. The average Bonchev–Trinajstić information content (AvgIpc) is 3.09. The zero-order valence-electron chi connectivity index (χ0n) is 16.5. The summed E-state index contributed by atoms with van der Waals surface area (Å²) in [6, 6.07) is 1.60. The molecule has 0 aromatic carbocycles. The Morgan fingerprint density at radius 1 is 1.32 bits per heavy atom. The molecule has 8 nitrogen and oxygen atoms in total. The molecule has 3 amide bonds. The molecule has 0 unspecified atom stereocenters. The monoisotopic (exact) mass is 410 g/mol. The smallest absolute Gasteiger partial charge is 0.251 e. The van der Waals surface area contributed by atoms with E-state index in [-0.39, 0.29) is 30.4 Å². The van der Waals surface area contributed by atoms with Gasteiger partial charge in [-0.05, 0) is 57.6 Å². The maximum Gasteiger partial charge on any atom is 0.251 e. The molecule has 1 aromatic heterocycles. The highest BCUT2D eigenvalue weighted by Crippen LogP contribution is 2.23. The number of thiophene rings is 1. The molecule has 2 heterocycles. The van der Waals surface area contributed by atoms with Gasteiger partial charge >= 0.3 is 0 Å². The van der Waals surface area contributed by atoms with Crippen molar-refractivity contribution in [1.29, 1.82) is 0 Å². The van der Waals surface area contributed by atoms with E-state index in [1.54, 1.807) is 11.4 Å². The summed E-state index contributed by atoms with van der Waals surface area (Å²) in [5.74, 6) is -0.667. The number of carbonyl (C=O) groups is 3. The summed E-state index contributed by atoms with van der Waals surface area (Å²) in [5.41, 5.74) is 5.61. The first-order valence-corrected chi connectivity index (χ1v) is 10.5. The molecule has 1 aromatic rings. The van der Waals surface area contributed by atoms with Gasteiger partial charge in [0.2, 0.25) is 11.8 Å². The first-order valence-electron chi connectivity index (χ1n) is 9.65.